The molecular formula is C22H24N2O5. The van der Waals surface area contributed by atoms with Crippen LogP contribution in [0.3, 0.4) is 0 Å². The Morgan fingerprint density at radius 2 is 1.93 bits per heavy atom. The van der Waals surface area contributed by atoms with Crippen LogP contribution in [0.15, 0.2) is 42.6 Å². The molecule has 29 heavy (non-hydrogen) atoms. The number of fused-ring (bicyclic) bond motifs is 1. The molecule has 0 aliphatic rings. The summed E-state index contributed by atoms with van der Waals surface area (Å²) >= 11 is 0. The number of carboxylic acids is 1. The number of benzene rings is 1. The molecule has 0 saturated carbocycles. The summed E-state index contributed by atoms with van der Waals surface area (Å²) in [5, 5.41) is 9.99. The van der Waals surface area contributed by atoms with Crippen molar-refractivity contribution in [1.29, 1.82) is 0 Å². The van der Waals surface area contributed by atoms with Gasteiger partial charge >= 0.3 is 12.1 Å². The van der Waals surface area contributed by atoms with Crippen molar-refractivity contribution in [2.75, 3.05) is 0 Å². The summed E-state index contributed by atoms with van der Waals surface area (Å²) in [4.78, 5) is 28.4. The fourth-order valence-electron chi connectivity index (χ4n) is 3.11. The maximum absolute atomic E-state index is 12.7. The molecular weight excluding hydrogens is 372 g/mol. The van der Waals surface area contributed by atoms with Gasteiger partial charge in [-0.1, -0.05) is 6.07 Å². The summed E-state index contributed by atoms with van der Waals surface area (Å²) in [5.41, 5.74) is 1.79. The lowest BCUT2D eigenvalue weighted by Gasteiger charge is -2.20. The fraction of sp³-hybridized carbons (Fsp3) is 0.318. The van der Waals surface area contributed by atoms with Crippen LogP contribution in [0.4, 0.5) is 4.79 Å². The molecule has 7 nitrogen and oxygen atoms in total. The van der Waals surface area contributed by atoms with E-state index in [2.05, 4.69) is 4.98 Å². The molecule has 0 radical (unpaired) electrons. The quantitative estimate of drug-likeness (QED) is 0.690. The highest BCUT2D eigenvalue weighted by molar-refractivity contribution is 5.96. The van der Waals surface area contributed by atoms with Crippen molar-refractivity contribution >= 4 is 23.0 Å². The van der Waals surface area contributed by atoms with E-state index in [9.17, 15) is 14.7 Å². The molecule has 0 atom stereocenters. The van der Waals surface area contributed by atoms with Crippen LogP contribution < -0.4 is 4.74 Å². The van der Waals surface area contributed by atoms with Crippen LogP contribution >= 0.6 is 0 Å². The first-order valence-electron chi connectivity index (χ1n) is 9.27. The number of aromatic nitrogens is 2. The minimum Gasteiger partial charge on any atom is -0.487 e. The molecule has 0 saturated heterocycles. The average Bonchev–Trinajstić information content (AvgIpc) is 2.90. The van der Waals surface area contributed by atoms with Gasteiger partial charge in [0.25, 0.3) is 0 Å². The van der Waals surface area contributed by atoms with Crippen molar-refractivity contribution in [3.05, 3.63) is 59.5 Å². The molecule has 3 rings (SSSR count). The van der Waals surface area contributed by atoms with Crippen LogP contribution in [0.25, 0.3) is 10.9 Å². The maximum Gasteiger partial charge on any atom is 0.419 e. The number of carbonyl (C=O) groups is 2. The highest BCUT2D eigenvalue weighted by Crippen LogP contribution is 2.31. The van der Waals surface area contributed by atoms with Crippen molar-refractivity contribution in [2.45, 2.75) is 46.3 Å². The van der Waals surface area contributed by atoms with Gasteiger partial charge in [-0.05, 0) is 63.6 Å². The van der Waals surface area contributed by atoms with Gasteiger partial charge in [0.15, 0.2) is 0 Å². The van der Waals surface area contributed by atoms with Gasteiger partial charge < -0.3 is 14.6 Å². The summed E-state index contributed by atoms with van der Waals surface area (Å²) in [6.07, 6.45) is 0.942. The van der Waals surface area contributed by atoms with E-state index < -0.39 is 17.7 Å². The Morgan fingerprint density at radius 3 is 2.55 bits per heavy atom. The normalized spacial score (nSPS) is 11.4. The first kappa shape index (κ1) is 20.4. The standard InChI is InChI=1S/C22H24N2O5/c1-14-17(12-20(25)26)18-11-16(28-13-15-7-5-6-10-23-15)8-9-19(18)24(14)21(27)29-22(2,3)4/h5-11H,12-13H2,1-4H3,(H,25,26). The summed E-state index contributed by atoms with van der Waals surface area (Å²) in [5.74, 6) is -0.410. The van der Waals surface area contributed by atoms with E-state index in [1.807, 2.05) is 18.2 Å². The molecule has 2 aromatic heterocycles. The van der Waals surface area contributed by atoms with Crippen LogP contribution in [0.5, 0.6) is 5.75 Å². The smallest absolute Gasteiger partial charge is 0.419 e. The van der Waals surface area contributed by atoms with Crippen LogP contribution in [0.2, 0.25) is 0 Å². The van der Waals surface area contributed by atoms with Crippen molar-refractivity contribution in [2.24, 2.45) is 0 Å². The zero-order valence-electron chi connectivity index (χ0n) is 16.9. The molecule has 3 aromatic rings. The van der Waals surface area contributed by atoms with Crippen LogP contribution in [0.1, 0.15) is 37.7 Å². The first-order chi connectivity index (χ1) is 13.7. The van der Waals surface area contributed by atoms with E-state index in [0.29, 0.717) is 27.9 Å². The van der Waals surface area contributed by atoms with Gasteiger partial charge in [0.2, 0.25) is 0 Å². The van der Waals surface area contributed by atoms with Gasteiger partial charge in [0.1, 0.15) is 18.0 Å². The third kappa shape index (κ3) is 4.74. The summed E-state index contributed by atoms with van der Waals surface area (Å²) in [7, 11) is 0. The average molecular weight is 396 g/mol. The Morgan fingerprint density at radius 1 is 1.17 bits per heavy atom. The van der Waals surface area contributed by atoms with Crippen LogP contribution in [-0.2, 0) is 22.6 Å². The number of hydrogen-bond acceptors (Lipinski definition) is 5. The summed E-state index contributed by atoms with van der Waals surface area (Å²) < 4.78 is 12.7. The van der Waals surface area contributed by atoms with Gasteiger partial charge in [-0.2, -0.15) is 0 Å². The first-order valence-corrected chi connectivity index (χ1v) is 9.27. The predicted molar refractivity (Wildman–Crippen MR) is 108 cm³/mol. The molecule has 0 aliphatic carbocycles. The number of carbonyl (C=O) groups excluding carboxylic acids is 1. The number of carboxylic acid groups (broad SMARTS) is 1. The van der Waals surface area contributed by atoms with E-state index in [1.54, 1.807) is 52.1 Å². The molecule has 152 valence electrons. The second kappa shape index (κ2) is 7.95. The third-order valence-corrected chi connectivity index (χ3v) is 4.32. The zero-order valence-corrected chi connectivity index (χ0v) is 16.9. The van der Waals surface area contributed by atoms with Crippen molar-refractivity contribution in [1.82, 2.24) is 9.55 Å². The summed E-state index contributed by atoms with van der Waals surface area (Å²) in [6, 6.07) is 10.8. The van der Waals surface area contributed by atoms with E-state index in [0.717, 1.165) is 5.69 Å². The molecule has 1 aromatic carbocycles. The maximum atomic E-state index is 12.7. The molecule has 0 bridgehead atoms. The lowest BCUT2D eigenvalue weighted by atomic mass is 10.1. The van der Waals surface area contributed by atoms with Crippen molar-refractivity contribution in [3.8, 4) is 5.75 Å². The van der Waals surface area contributed by atoms with Gasteiger partial charge in [-0.3, -0.25) is 9.78 Å². The topological polar surface area (TPSA) is 90.6 Å². The molecule has 2 heterocycles. The van der Waals surface area contributed by atoms with E-state index in [4.69, 9.17) is 9.47 Å². The van der Waals surface area contributed by atoms with E-state index in [1.165, 1.54) is 4.57 Å². The number of pyridine rings is 1. The van der Waals surface area contributed by atoms with Gasteiger partial charge in [-0.15, -0.1) is 0 Å². The summed E-state index contributed by atoms with van der Waals surface area (Å²) in [6.45, 7) is 7.36. The Bertz CT molecular complexity index is 1050. The number of rotatable bonds is 5. The second-order valence-electron chi connectivity index (χ2n) is 7.74. The SMILES string of the molecule is Cc1c(CC(=O)O)c2cc(OCc3ccccn3)ccc2n1C(=O)OC(C)(C)C. The molecule has 7 heteroatoms. The molecule has 0 aliphatic heterocycles. The number of aliphatic carboxylic acids is 1. The van der Waals surface area contributed by atoms with Crippen LogP contribution in [-0.4, -0.2) is 32.3 Å². The molecule has 1 N–H and O–H groups in total. The van der Waals surface area contributed by atoms with Gasteiger partial charge in [0, 0.05) is 17.3 Å². The van der Waals surface area contributed by atoms with Crippen LogP contribution in [0, 0.1) is 6.92 Å². The minimum absolute atomic E-state index is 0.207. The largest absolute Gasteiger partial charge is 0.487 e. The Labute approximate surface area is 168 Å². The Balaban J connectivity index is 2.01. The molecule has 0 unspecified atom stereocenters. The molecule has 0 fully saturated rings. The fourth-order valence-corrected chi connectivity index (χ4v) is 3.11. The lowest BCUT2D eigenvalue weighted by Crippen LogP contribution is -2.27. The highest BCUT2D eigenvalue weighted by atomic mass is 16.6. The monoisotopic (exact) mass is 396 g/mol. The number of nitrogens with zero attached hydrogens (tertiary/aromatic N) is 2. The predicted octanol–water partition coefficient (Wildman–Crippen LogP) is 4.33. The lowest BCUT2D eigenvalue weighted by molar-refractivity contribution is -0.136. The van der Waals surface area contributed by atoms with Gasteiger partial charge in [0.05, 0.1) is 17.6 Å². The molecule has 0 spiro atoms. The Hall–Kier alpha value is -3.35. The molecule has 0 amide bonds. The van der Waals surface area contributed by atoms with Gasteiger partial charge in [-0.25, -0.2) is 9.36 Å². The second-order valence-corrected chi connectivity index (χ2v) is 7.74. The van der Waals surface area contributed by atoms with E-state index in [-0.39, 0.29) is 13.0 Å². The number of hydrogen-bond donors (Lipinski definition) is 1. The Kier molecular flexibility index (Phi) is 5.59. The number of ether oxygens (including phenoxy) is 2. The minimum atomic E-state index is -0.976. The third-order valence-electron chi connectivity index (χ3n) is 4.32. The van der Waals surface area contributed by atoms with E-state index >= 15 is 0 Å². The zero-order chi connectivity index (χ0) is 21.2. The van der Waals surface area contributed by atoms with Crippen molar-refractivity contribution in [3.63, 3.8) is 0 Å². The van der Waals surface area contributed by atoms with Crippen molar-refractivity contribution < 1.29 is 24.2 Å². The highest BCUT2D eigenvalue weighted by Gasteiger charge is 2.25.